The first-order valence-electron chi connectivity index (χ1n) is 17.1. The van der Waals surface area contributed by atoms with Crippen molar-refractivity contribution in [1.29, 1.82) is 0 Å². The first-order chi connectivity index (χ1) is 26.0. The number of non-ortho nitro benzene ring substituents is 2. The Morgan fingerprint density at radius 2 is 1.43 bits per heavy atom. The van der Waals surface area contributed by atoms with Gasteiger partial charge in [0, 0.05) is 73.9 Å². The Morgan fingerprint density at radius 3 is 2.02 bits per heavy atom. The Balaban J connectivity index is 1.10. The van der Waals surface area contributed by atoms with Crippen molar-refractivity contribution in [2.75, 3.05) is 33.3 Å². The number of methoxy groups -OCH3 is 1. The average molecular weight is 765 g/mol. The summed E-state index contributed by atoms with van der Waals surface area (Å²) in [5, 5.41) is 27.1. The van der Waals surface area contributed by atoms with E-state index < -0.39 is 28.1 Å². The van der Waals surface area contributed by atoms with E-state index in [1.54, 1.807) is 23.8 Å². The summed E-state index contributed by atoms with van der Waals surface area (Å²) in [6, 6.07) is 17.8. The molecule has 2 aliphatic heterocycles. The number of benzene rings is 3. The maximum absolute atomic E-state index is 13.9. The number of carbonyl (C=O) groups is 4. The Bertz CT molecular complexity index is 1810. The molecule has 0 aliphatic carbocycles. The summed E-state index contributed by atoms with van der Waals surface area (Å²) in [6.45, 7) is 0.703. The fourth-order valence-electron chi connectivity index (χ4n) is 6.01. The van der Waals surface area contributed by atoms with E-state index in [2.05, 4.69) is 10.6 Å². The third-order valence-corrected chi connectivity index (χ3v) is 10.3. The number of hydrogen-bond acceptors (Lipinski definition) is 12. The molecule has 4 amide bonds. The number of thioether (sulfide) groups is 1. The summed E-state index contributed by atoms with van der Waals surface area (Å²) >= 11 is 1.63. The van der Waals surface area contributed by atoms with Crippen LogP contribution in [0, 0.1) is 20.2 Å². The summed E-state index contributed by atoms with van der Waals surface area (Å²) in [5.41, 5.74) is 2.04. The van der Waals surface area contributed by atoms with E-state index in [0.29, 0.717) is 36.3 Å². The molecule has 0 aromatic heterocycles. The van der Waals surface area contributed by atoms with E-state index in [9.17, 15) is 39.4 Å². The molecule has 17 nitrogen and oxygen atoms in total. The van der Waals surface area contributed by atoms with Crippen LogP contribution in [0.5, 0.6) is 5.75 Å². The van der Waals surface area contributed by atoms with Crippen molar-refractivity contribution >= 4 is 47.1 Å². The van der Waals surface area contributed by atoms with E-state index >= 15 is 0 Å². The molecule has 54 heavy (non-hydrogen) atoms. The Kier molecular flexibility index (Phi) is 13.6. The molecule has 0 radical (unpaired) electrons. The second-order valence-electron chi connectivity index (χ2n) is 12.7. The highest BCUT2D eigenvalue weighted by atomic mass is 32.2. The van der Waals surface area contributed by atoms with Crippen molar-refractivity contribution < 1.29 is 43.2 Å². The lowest BCUT2D eigenvalue weighted by molar-refractivity contribution is -0.385. The molecule has 0 unspecified atom stereocenters. The molecule has 2 fully saturated rings. The maximum atomic E-state index is 13.9. The quantitative estimate of drug-likeness (QED) is 0.161. The predicted molar refractivity (Wildman–Crippen MR) is 195 cm³/mol. The van der Waals surface area contributed by atoms with Gasteiger partial charge in [-0.15, -0.1) is 0 Å². The molecule has 2 aliphatic rings. The van der Waals surface area contributed by atoms with Gasteiger partial charge in [0.15, 0.2) is 0 Å². The first kappa shape index (κ1) is 39.3. The molecular formula is C36H40N6O11S. The number of carbonyl (C=O) groups excluding carboxylic acids is 4. The lowest BCUT2D eigenvalue weighted by Gasteiger charge is -2.27. The minimum Gasteiger partial charge on any atom is -0.497 e. The van der Waals surface area contributed by atoms with Gasteiger partial charge in [-0.3, -0.25) is 34.7 Å². The van der Waals surface area contributed by atoms with Crippen LogP contribution in [0.2, 0.25) is 0 Å². The number of rotatable bonds is 15. The van der Waals surface area contributed by atoms with Gasteiger partial charge in [-0.05, 0) is 65.9 Å². The fourth-order valence-corrected chi connectivity index (χ4v) is 7.22. The molecule has 0 spiro atoms. The number of ether oxygens (including phenoxy) is 3. The maximum Gasteiger partial charge on any atom is 0.410 e. The van der Waals surface area contributed by atoms with Gasteiger partial charge >= 0.3 is 12.2 Å². The number of hydrogen-bond donors (Lipinski definition) is 2. The van der Waals surface area contributed by atoms with Gasteiger partial charge in [-0.25, -0.2) is 9.59 Å². The van der Waals surface area contributed by atoms with Crippen molar-refractivity contribution in [1.82, 2.24) is 20.4 Å². The second-order valence-corrected chi connectivity index (χ2v) is 14.0. The number of nitrogens with zero attached hydrogens (tertiary/aromatic N) is 4. The lowest BCUT2D eigenvalue weighted by Crippen LogP contribution is -2.48. The van der Waals surface area contributed by atoms with Gasteiger partial charge in [-0.2, -0.15) is 11.8 Å². The van der Waals surface area contributed by atoms with Crippen molar-refractivity contribution in [3.8, 4) is 5.75 Å². The fraction of sp³-hybridized carbons (Fsp3) is 0.389. The molecule has 5 rings (SSSR count). The summed E-state index contributed by atoms with van der Waals surface area (Å²) in [7, 11) is 1.60. The highest BCUT2D eigenvalue weighted by Crippen LogP contribution is 2.32. The van der Waals surface area contributed by atoms with E-state index in [1.165, 1.54) is 53.4 Å². The number of nitro groups is 2. The van der Waals surface area contributed by atoms with Gasteiger partial charge in [0.05, 0.1) is 17.0 Å². The molecule has 18 heteroatoms. The number of nitro benzene ring substituents is 2. The van der Waals surface area contributed by atoms with Crippen LogP contribution >= 0.6 is 11.8 Å². The zero-order chi connectivity index (χ0) is 38.6. The van der Waals surface area contributed by atoms with E-state index in [-0.39, 0.29) is 73.7 Å². The molecule has 2 N–H and O–H groups in total. The van der Waals surface area contributed by atoms with Crippen LogP contribution in [0.4, 0.5) is 21.0 Å². The highest BCUT2D eigenvalue weighted by molar-refractivity contribution is 7.99. The van der Waals surface area contributed by atoms with Gasteiger partial charge in [-0.1, -0.05) is 12.1 Å². The van der Waals surface area contributed by atoms with Crippen LogP contribution in [-0.4, -0.2) is 94.3 Å². The van der Waals surface area contributed by atoms with Gasteiger partial charge in [0.25, 0.3) is 11.4 Å². The molecule has 0 saturated carbocycles. The molecule has 2 saturated heterocycles. The van der Waals surface area contributed by atoms with Crippen molar-refractivity contribution in [2.24, 2.45) is 0 Å². The van der Waals surface area contributed by atoms with Crippen LogP contribution in [0.3, 0.4) is 0 Å². The monoisotopic (exact) mass is 764 g/mol. The predicted octanol–water partition coefficient (Wildman–Crippen LogP) is 4.56. The smallest absolute Gasteiger partial charge is 0.410 e. The zero-order valence-corrected chi connectivity index (χ0v) is 30.2. The third kappa shape index (κ3) is 11.0. The molecular weight excluding hydrogens is 724 g/mol. The van der Waals surface area contributed by atoms with Crippen LogP contribution in [0.25, 0.3) is 0 Å². The second kappa shape index (κ2) is 18.7. The van der Waals surface area contributed by atoms with Gasteiger partial charge in [0.2, 0.25) is 11.8 Å². The van der Waals surface area contributed by atoms with Crippen molar-refractivity contribution in [3.63, 3.8) is 0 Å². The van der Waals surface area contributed by atoms with E-state index in [0.717, 1.165) is 11.3 Å². The topological polar surface area (TPSA) is 213 Å². The number of nitrogens with one attached hydrogen (secondary N) is 2. The standard InChI is InChI=1S/C36H40N6O11S/c1-51-30-12-6-26(7-13-30)23-54-31-18-32(40(20-31)36(46)53-22-25-4-10-29(11-5-25)42(49)50)34(44)39-17-15-27(19-39)38-33(43)14-16-37-35(45)52-21-24-2-8-28(9-3-24)41(47)48/h2-13,27,31-32H,14-23H2,1H3,(H,37,45)(H,38,43)/t27-,31-,32-/m0/s1. The molecule has 3 aromatic rings. The minimum atomic E-state index is -0.779. The number of alkyl carbamates (subject to hydrolysis) is 1. The van der Waals surface area contributed by atoms with Crippen molar-refractivity contribution in [2.45, 2.75) is 55.6 Å². The molecule has 3 atom stereocenters. The first-order valence-corrected chi connectivity index (χ1v) is 18.2. The van der Waals surface area contributed by atoms with Gasteiger partial charge in [0.1, 0.15) is 25.0 Å². The Morgan fingerprint density at radius 1 is 0.833 bits per heavy atom. The summed E-state index contributed by atoms with van der Waals surface area (Å²) in [6.07, 6.45) is -0.518. The van der Waals surface area contributed by atoms with Crippen LogP contribution < -0.4 is 15.4 Å². The molecule has 0 bridgehead atoms. The number of likely N-dealkylation sites (tertiary alicyclic amines) is 2. The van der Waals surface area contributed by atoms with Gasteiger partial charge < -0.3 is 29.7 Å². The van der Waals surface area contributed by atoms with E-state index in [4.69, 9.17) is 14.2 Å². The Labute approximate surface area is 314 Å². The molecule has 286 valence electrons. The SMILES string of the molecule is COc1ccc(CS[C@H]2C[C@@H](C(=O)N3CC[C@H](NC(=O)CCNC(=O)OCc4ccc([N+](=O)[O-])cc4)C3)N(C(=O)OCc3ccc([N+](=O)[O-])cc3)C2)cc1. The lowest BCUT2D eigenvalue weighted by atomic mass is 10.2. The highest BCUT2D eigenvalue weighted by Gasteiger charge is 2.43. The number of amides is 4. The Hall–Kier alpha value is -5.91. The normalized spacial score (nSPS) is 17.8. The van der Waals surface area contributed by atoms with E-state index in [1.807, 2.05) is 24.3 Å². The van der Waals surface area contributed by atoms with Crippen LogP contribution in [0.15, 0.2) is 72.8 Å². The van der Waals surface area contributed by atoms with Crippen LogP contribution in [0.1, 0.15) is 36.0 Å². The summed E-state index contributed by atoms with van der Waals surface area (Å²) in [4.78, 5) is 75.8. The zero-order valence-electron chi connectivity index (χ0n) is 29.4. The molecule has 3 aromatic carbocycles. The summed E-state index contributed by atoms with van der Waals surface area (Å²) in [5.74, 6) is 0.833. The average Bonchev–Trinajstić information content (AvgIpc) is 3.83. The minimum absolute atomic E-state index is 0.00882. The van der Waals surface area contributed by atoms with Crippen LogP contribution in [-0.2, 0) is 38.0 Å². The largest absolute Gasteiger partial charge is 0.497 e. The molecule has 2 heterocycles. The summed E-state index contributed by atoms with van der Waals surface area (Å²) < 4.78 is 15.9. The van der Waals surface area contributed by atoms with Crippen molar-refractivity contribution in [3.05, 3.63) is 110 Å². The third-order valence-electron chi connectivity index (χ3n) is 8.94.